The predicted octanol–water partition coefficient (Wildman–Crippen LogP) is 2.87. The Morgan fingerprint density at radius 3 is 2.50 bits per heavy atom. The van der Waals surface area contributed by atoms with Crippen molar-refractivity contribution in [3.8, 4) is 0 Å². The summed E-state index contributed by atoms with van der Waals surface area (Å²) in [5.41, 5.74) is 0.729. The number of imide groups is 1. The Bertz CT molecular complexity index is 486. The van der Waals surface area contributed by atoms with Crippen LogP contribution in [0.3, 0.4) is 0 Å². The number of amides is 2. The topological polar surface area (TPSA) is 37.4 Å². The molecule has 0 unspecified atom stereocenters. The third-order valence-corrected chi connectivity index (χ3v) is 3.73. The van der Waals surface area contributed by atoms with E-state index < -0.39 is 0 Å². The zero-order chi connectivity index (χ0) is 13.3. The number of likely N-dealkylation sites (tertiary alicyclic amines) is 1. The largest absolute Gasteiger partial charge is 0.278 e. The van der Waals surface area contributed by atoms with E-state index in [1.54, 1.807) is 6.07 Å². The average molecular weight is 314 g/mol. The summed E-state index contributed by atoms with van der Waals surface area (Å²) in [6, 6.07) is 4.23. The maximum atomic E-state index is 13.0. The molecule has 1 aliphatic rings. The lowest BCUT2D eigenvalue weighted by Gasteiger charge is -2.28. The summed E-state index contributed by atoms with van der Waals surface area (Å²) in [6.07, 6.45) is 0.787. The molecule has 2 amide bonds. The Hall–Kier alpha value is -1.23. The molecule has 1 aliphatic heterocycles. The second-order valence-corrected chi connectivity index (χ2v) is 5.48. The highest BCUT2D eigenvalue weighted by molar-refractivity contribution is 9.10. The first-order valence-corrected chi connectivity index (χ1v) is 6.54. The summed E-state index contributed by atoms with van der Waals surface area (Å²) >= 11 is 3.24. The van der Waals surface area contributed by atoms with Gasteiger partial charge < -0.3 is 0 Å². The van der Waals surface area contributed by atoms with E-state index in [-0.39, 0.29) is 30.1 Å². The Kier molecular flexibility index (Phi) is 3.80. The normalized spacial score (nSPS) is 17.4. The lowest BCUT2D eigenvalue weighted by atomic mass is 9.97. The van der Waals surface area contributed by atoms with Gasteiger partial charge in [-0.1, -0.05) is 28.9 Å². The SMILES string of the molecule is CC1CC(=O)N(Cc2ccc(F)cc2Br)C(=O)C1. The van der Waals surface area contributed by atoms with Crippen LogP contribution in [0.5, 0.6) is 0 Å². The zero-order valence-electron chi connectivity index (χ0n) is 9.95. The Labute approximate surface area is 113 Å². The standard InChI is InChI=1S/C13H13BrFNO2/c1-8-4-12(17)16(13(18)5-8)7-9-2-3-10(15)6-11(9)14/h2-3,6,8H,4-5,7H2,1H3. The molecule has 0 spiro atoms. The fourth-order valence-corrected chi connectivity index (χ4v) is 2.50. The molecule has 1 aromatic carbocycles. The first kappa shape index (κ1) is 13.2. The van der Waals surface area contributed by atoms with Gasteiger partial charge in [0, 0.05) is 17.3 Å². The van der Waals surface area contributed by atoms with E-state index in [4.69, 9.17) is 0 Å². The first-order valence-electron chi connectivity index (χ1n) is 5.74. The highest BCUT2D eigenvalue weighted by Crippen LogP contribution is 2.24. The van der Waals surface area contributed by atoms with Crippen LogP contribution in [0.15, 0.2) is 22.7 Å². The summed E-state index contributed by atoms with van der Waals surface area (Å²) in [4.78, 5) is 24.9. The van der Waals surface area contributed by atoms with Gasteiger partial charge in [0.2, 0.25) is 11.8 Å². The summed E-state index contributed by atoms with van der Waals surface area (Å²) in [7, 11) is 0. The third-order valence-electron chi connectivity index (χ3n) is 2.99. The predicted molar refractivity (Wildman–Crippen MR) is 68.1 cm³/mol. The van der Waals surface area contributed by atoms with Crippen LogP contribution in [0.25, 0.3) is 0 Å². The maximum Gasteiger partial charge on any atom is 0.229 e. The Morgan fingerprint density at radius 1 is 1.33 bits per heavy atom. The van der Waals surface area contributed by atoms with Crippen LogP contribution in [-0.2, 0) is 16.1 Å². The number of benzene rings is 1. The molecular formula is C13H13BrFNO2. The van der Waals surface area contributed by atoms with Crippen LogP contribution in [0.2, 0.25) is 0 Å². The number of carbonyl (C=O) groups excluding carboxylic acids is 2. The van der Waals surface area contributed by atoms with E-state index in [0.717, 1.165) is 5.56 Å². The smallest absolute Gasteiger partial charge is 0.229 e. The van der Waals surface area contributed by atoms with Crippen molar-refractivity contribution in [3.05, 3.63) is 34.1 Å². The molecule has 96 valence electrons. The van der Waals surface area contributed by atoms with Crippen molar-refractivity contribution in [2.45, 2.75) is 26.3 Å². The molecule has 0 radical (unpaired) electrons. The van der Waals surface area contributed by atoms with Gasteiger partial charge in [0.05, 0.1) is 6.54 Å². The highest BCUT2D eigenvalue weighted by Gasteiger charge is 2.30. The van der Waals surface area contributed by atoms with E-state index in [1.807, 2.05) is 6.92 Å². The second kappa shape index (κ2) is 5.18. The molecule has 2 rings (SSSR count). The Balaban J connectivity index is 2.18. The number of nitrogens with zero attached hydrogens (tertiary/aromatic N) is 1. The van der Waals surface area contributed by atoms with Crippen molar-refractivity contribution in [3.63, 3.8) is 0 Å². The minimum Gasteiger partial charge on any atom is -0.278 e. The van der Waals surface area contributed by atoms with Gasteiger partial charge in [0.25, 0.3) is 0 Å². The van der Waals surface area contributed by atoms with Crippen molar-refractivity contribution < 1.29 is 14.0 Å². The van der Waals surface area contributed by atoms with Crippen molar-refractivity contribution in [1.29, 1.82) is 0 Å². The van der Waals surface area contributed by atoms with Gasteiger partial charge >= 0.3 is 0 Å². The minimum atomic E-state index is -0.351. The first-order chi connectivity index (χ1) is 8.47. The fourth-order valence-electron chi connectivity index (χ4n) is 2.02. The molecule has 1 saturated heterocycles. The van der Waals surface area contributed by atoms with E-state index in [1.165, 1.54) is 17.0 Å². The van der Waals surface area contributed by atoms with Crippen molar-refractivity contribution in [2.24, 2.45) is 5.92 Å². The molecule has 0 saturated carbocycles. The van der Waals surface area contributed by atoms with Crippen LogP contribution >= 0.6 is 15.9 Å². The molecule has 0 N–H and O–H groups in total. The summed E-state index contributed by atoms with van der Waals surface area (Å²) in [5.74, 6) is -0.557. The van der Waals surface area contributed by atoms with Crippen molar-refractivity contribution in [2.75, 3.05) is 0 Å². The van der Waals surface area contributed by atoms with Gasteiger partial charge in [0.1, 0.15) is 5.82 Å². The lowest BCUT2D eigenvalue weighted by molar-refractivity contribution is -0.150. The van der Waals surface area contributed by atoms with Gasteiger partial charge in [-0.15, -0.1) is 0 Å². The zero-order valence-corrected chi connectivity index (χ0v) is 11.5. The quantitative estimate of drug-likeness (QED) is 0.787. The highest BCUT2D eigenvalue weighted by atomic mass is 79.9. The summed E-state index contributed by atoms with van der Waals surface area (Å²) in [6.45, 7) is 2.09. The van der Waals surface area contributed by atoms with Gasteiger partial charge in [0.15, 0.2) is 0 Å². The lowest BCUT2D eigenvalue weighted by Crippen LogP contribution is -2.42. The van der Waals surface area contributed by atoms with Gasteiger partial charge in [-0.3, -0.25) is 14.5 Å². The fraction of sp³-hybridized carbons (Fsp3) is 0.385. The molecule has 1 aromatic rings. The summed E-state index contributed by atoms with van der Waals surface area (Å²) in [5, 5.41) is 0. The van der Waals surface area contributed by atoms with Crippen molar-refractivity contribution >= 4 is 27.7 Å². The molecule has 1 heterocycles. The number of carbonyl (C=O) groups is 2. The molecule has 0 bridgehead atoms. The van der Waals surface area contributed by atoms with E-state index >= 15 is 0 Å². The molecule has 1 fully saturated rings. The number of halogens is 2. The van der Waals surface area contributed by atoms with Crippen LogP contribution in [0.1, 0.15) is 25.3 Å². The van der Waals surface area contributed by atoms with E-state index in [0.29, 0.717) is 17.3 Å². The average Bonchev–Trinajstić information content (AvgIpc) is 2.25. The summed E-state index contributed by atoms with van der Waals surface area (Å²) < 4.78 is 13.5. The Morgan fingerprint density at radius 2 is 1.94 bits per heavy atom. The number of piperidine rings is 1. The number of rotatable bonds is 2. The number of hydrogen-bond acceptors (Lipinski definition) is 2. The second-order valence-electron chi connectivity index (χ2n) is 4.62. The minimum absolute atomic E-state index is 0.109. The molecule has 5 heteroatoms. The van der Waals surface area contributed by atoms with Gasteiger partial charge in [-0.25, -0.2) is 4.39 Å². The molecule has 0 aromatic heterocycles. The monoisotopic (exact) mass is 313 g/mol. The molecule has 3 nitrogen and oxygen atoms in total. The van der Waals surface area contributed by atoms with Crippen LogP contribution in [0.4, 0.5) is 4.39 Å². The molecule has 18 heavy (non-hydrogen) atoms. The van der Waals surface area contributed by atoms with Crippen LogP contribution < -0.4 is 0 Å². The van der Waals surface area contributed by atoms with Gasteiger partial charge in [-0.05, 0) is 23.6 Å². The van der Waals surface area contributed by atoms with Crippen LogP contribution in [0, 0.1) is 11.7 Å². The third kappa shape index (κ3) is 2.77. The number of hydrogen-bond donors (Lipinski definition) is 0. The molecule has 0 atom stereocenters. The van der Waals surface area contributed by atoms with E-state index in [9.17, 15) is 14.0 Å². The van der Waals surface area contributed by atoms with Crippen LogP contribution in [-0.4, -0.2) is 16.7 Å². The maximum absolute atomic E-state index is 13.0. The molecule has 0 aliphatic carbocycles. The molecular weight excluding hydrogens is 301 g/mol. The van der Waals surface area contributed by atoms with E-state index in [2.05, 4.69) is 15.9 Å². The van der Waals surface area contributed by atoms with Gasteiger partial charge in [-0.2, -0.15) is 0 Å². The van der Waals surface area contributed by atoms with Crippen molar-refractivity contribution in [1.82, 2.24) is 4.90 Å².